The number of nitrogens with two attached hydrogens (primary N) is 1. The van der Waals surface area contributed by atoms with Gasteiger partial charge >= 0.3 is 0 Å². The molecule has 1 unspecified atom stereocenters. The fourth-order valence-electron chi connectivity index (χ4n) is 2.60. The summed E-state index contributed by atoms with van der Waals surface area (Å²) in [6.45, 7) is 0.549. The smallest absolute Gasteiger partial charge is 0.196 e. The predicted molar refractivity (Wildman–Crippen MR) is 82.8 cm³/mol. The maximum absolute atomic E-state index is 9.69. The van der Waals surface area contributed by atoms with Gasteiger partial charge in [-0.05, 0) is 29.8 Å². The third kappa shape index (κ3) is 2.38. The Morgan fingerprint density at radius 2 is 2.05 bits per heavy atom. The molecule has 108 valence electrons. The van der Waals surface area contributed by atoms with Crippen LogP contribution in [0.1, 0.15) is 11.6 Å². The van der Waals surface area contributed by atoms with Crippen molar-refractivity contribution in [1.29, 1.82) is 0 Å². The zero-order valence-corrected chi connectivity index (χ0v) is 11.7. The summed E-state index contributed by atoms with van der Waals surface area (Å²) in [6, 6.07) is 14.8. The minimum atomic E-state index is -0.0478. The van der Waals surface area contributed by atoms with Crippen molar-refractivity contribution in [3.63, 3.8) is 0 Å². The number of ether oxygens (including phenoxy) is 1. The van der Waals surface area contributed by atoms with E-state index in [-0.39, 0.29) is 11.8 Å². The van der Waals surface area contributed by atoms with Crippen molar-refractivity contribution in [3.8, 4) is 11.5 Å². The largest absolute Gasteiger partial charge is 0.508 e. The Morgan fingerprint density at radius 3 is 2.81 bits per heavy atom. The number of phenolic OH excluding ortho intramolecular Hbond substituents is 1. The number of methoxy groups -OCH3 is 1. The van der Waals surface area contributed by atoms with Crippen molar-refractivity contribution in [2.24, 2.45) is 10.7 Å². The Balaban J connectivity index is 2.04. The standard InChI is InChI=1S/C16H17N3O2/c1-21-15-8-3-2-7-13(15)19-14(10-18-16(19)17)11-5-4-6-12(20)9-11/h2-9,14,20H,10H2,1H3,(H2,17,18). The van der Waals surface area contributed by atoms with Crippen molar-refractivity contribution in [2.45, 2.75) is 6.04 Å². The molecule has 0 saturated carbocycles. The number of hydrogen-bond donors (Lipinski definition) is 2. The van der Waals surface area contributed by atoms with Gasteiger partial charge < -0.3 is 15.6 Å². The molecule has 1 atom stereocenters. The fraction of sp³-hybridized carbons (Fsp3) is 0.188. The van der Waals surface area contributed by atoms with Crippen LogP contribution in [0, 0.1) is 0 Å². The first-order valence-corrected chi connectivity index (χ1v) is 6.72. The summed E-state index contributed by atoms with van der Waals surface area (Å²) in [5.74, 6) is 1.42. The first kappa shape index (κ1) is 13.3. The van der Waals surface area contributed by atoms with Crippen LogP contribution in [0.15, 0.2) is 53.5 Å². The zero-order valence-electron chi connectivity index (χ0n) is 11.7. The SMILES string of the molecule is COc1ccccc1N1C(N)=NCC1c1cccc(O)c1. The topological polar surface area (TPSA) is 71.1 Å². The Hall–Kier alpha value is -2.69. The summed E-state index contributed by atoms with van der Waals surface area (Å²) >= 11 is 0. The highest BCUT2D eigenvalue weighted by Crippen LogP contribution is 2.37. The third-order valence-electron chi connectivity index (χ3n) is 3.58. The molecule has 0 saturated heterocycles. The second-order valence-corrected chi connectivity index (χ2v) is 4.85. The summed E-state index contributed by atoms with van der Waals surface area (Å²) in [5, 5.41) is 9.69. The van der Waals surface area contributed by atoms with Crippen LogP contribution in [-0.4, -0.2) is 24.7 Å². The van der Waals surface area contributed by atoms with E-state index in [1.54, 1.807) is 19.2 Å². The lowest BCUT2D eigenvalue weighted by molar-refractivity contribution is 0.415. The summed E-state index contributed by atoms with van der Waals surface area (Å²) in [7, 11) is 1.63. The monoisotopic (exact) mass is 283 g/mol. The van der Waals surface area contributed by atoms with E-state index in [1.165, 1.54) is 0 Å². The molecular weight excluding hydrogens is 266 g/mol. The van der Waals surface area contributed by atoms with Gasteiger partial charge in [-0.3, -0.25) is 9.89 Å². The Kier molecular flexibility index (Phi) is 3.39. The lowest BCUT2D eigenvalue weighted by atomic mass is 10.1. The van der Waals surface area contributed by atoms with Gasteiger partial charge in [0.05, 0.1) is 25.4 Å². The number of para-hydroxylation sites is 2. The van der Waals surface area contributed by atoms with E-state index in [0.717, 1.165) is 17.0 Å². The fourth-order valence-corrected chi connectivity index (χ4v) is 2.60. The van der Waals surface area contributed by atoms with Gasteiger partial charge in [-0.1, -0.05) is 24.3 Å². The Labute approximate surface area is 123 Å². The molecule has 0 fully saturated rings. The minimum absolute atomic E-state index is 0.0478. The first-order chi connectivity index (χ1) is 10.2. The molecule has 3 N–H and O–H groups in total. The van der Waals surface area contributed by atoms with Crippen LogP contribution in [0.3, 0.4) is 0 Å². The van der Waals surface area contributed by atoms with Crippen LogP contribution >= 0.6 is 0 Å². The Morgan fingerprint density at radius 1 is 1.24 bits per heavy atom. The van der Waals surface area contributed by atoms with Crippen molar-refractivity contribution in [1.82, 2.24) is 0 Å². The molecule has 0 aliphatic carbocycles. The molecule has 1 aliphatic heterocycles. The molecule has 0 amide bonds. The van der Waals surface area contributed by atoms with Gasteiger partial charge in [-0.2, -0.15) is 0 Å². The second kappa shape index (κ2) is 5.36. The maximum atomic E-state index is 9.69. The van der Waals surface area contributed by atoms with Crippen molar-refractivity contribution >= 4 is 11.6 Å². The summed E-state index contributed by atoms with van der Waals surface area (Å²) < 4.78 is 5.41. The normalized spacial score (nSPS) is 17.7. The summed E-state index contributed by atoms with van der Waals surface area (Å²) in [6.07, 6.45) is 0. The van der Waals surface area contributed by atoms with Crippen LogP contribution in [0.5, 0.6) is 11.5 Å². The van der Waals surface area contributed by atoms with Crippen molar-refractivity contribution in [3.05, 3.63) is 54.1 Å². The average molecular weight is 283 g/mol. The summed E-state index contributed by atoms with van der Waals surface area (Å²) in [5.41, 5.74) is 7.89. The van der Waals surface area contributed by atoms with E-state index >= 15 is 0 Å². The van der Waals surface area contributed by atoms with Gasteiger partial charge in [0.2, 0.25) is 0 Å². The van der Waals surface area contributed by atoms with E-state index in [4.69, 9.17) is 10.5 Å². The molecule has 21 heavy (non-hydrogen) atoms. The highest BCUT2D eigenvalue weighted by molar-refractivity contribution is 5.98. The number of aromatic hydroxyl groups is 1. The van der Waals surface area contributed by atoms with Gasteiger partial charge in [0.25, 0.3) is 0 Å². The Bertz CT molecular complexity index is 685. The van der Waals surface area contributed by atoms with Gasteiger partial charge in [0, 0.05) is 0 Å². The molecule has 0 bridgehead atoms. The van der Waals surface area contributed by atoms with Crippen molar-refractivity contribution < 1.29 is 9.84 Å². The molecule has 0 spiro atoms. The molecule has 0 aromatic heterocycles. The van der Waals surface area contributed by atoms with Crippen molar-refractivity contribution in [2.75, 3.05) is 18.6 Å². The molecule has 2 aromatic carbocycles. The van der Waals surface area contributed by atoms with Gasteiger partial charge in [0.15, 0.2) is 5.96 Å². The van der Waals surface area contributed by atoms with Gasteiger partial charge in [-0.25, -0.2) is 0 Å². The van der Waals surface area contributed by atoms with Crippen LogP contribution < -0.4 is 15.4 Å². The lowest BCUT2D eigenvalue weighted by Gasteiger charge is -2.28. The van der Waals surface area contributed by atoms with E-state index in [1.807, 2.05) is 41.3 Å². The number of guanidine groups is 1. The van der Waals surface area contributed by atoms with Crippen LogP contribution in [0.2, 0.25) is 0 Å². The average Bonchev–Trinajstić information content (AvgIpc) is 2.89. The number of phenols is 1. The summed E-state index contributed by atoms with van der Waals surface area (Å²) in [4.78, 5) is 6.28. The quantitative estimate of drug-likeness (QED) is 0.906. The maximum Gasteiger partial charge on any atom is 0.196 e. The highest BCUT2D eigenvalue weighted by Gasteiger charge is 2.30. The minimum Gasteiger partial charge on any atom is -0.508 e. The molecule has 2 aromatic rings. The first-order valence-electron chi connectivity index (χ1n) is 6.72. The molecule has 1 aliphatic rings. The van der Waals surface area contributed by atoms with Gasteiger partial charge in [-0.15, -0.1) is 0 Å². The third-order valence-corrected chi connectivity index (χ3v) is 3.58. The van der Waals surface area contributed by atoms with E-state index in [9.17, 15) is 5.11 Å². The number of nitrogens with zero attached hydrogens (tertiary/aromatic N) is 2. The zero-order chi connectivity index (χ0) is 14.8. The number of benzene rings is 2. The molecule has 1 heterocycles. The number of hydrogen-bond acceptors (Lipinski definition) is 5. The molecular formula is C16H17N3O2. The molecule has 0 radical (unpaired) electrons. The van der Waals surface area contributed by atoms with E-state index < -0.39 is 0 Å². The van der Waals surface area contributed by atoms with E-state index in [0.29, 0.717) is 12.5 Å². The van der Waals surface area contributed by atoms with Crippen LogP contribution in [-0.2, 0) is 0 Å². The van der Waals surface area contributed by atoms with Crippen LogP contribution in [0.4, 0.5) is 5.69 Å². The lowest BCUT2D eigenvalue weighted by Crippen LogP contribution is -2.36. The van der Waals surface area contributed by atoms with Crippen LogP contribution in [0.25, 0.3) is 0 Å². The number of anilines is 1. The van der Waals surface area contributed by atoms with Gasteiger partial charge in [0.1, 0.15) is 11.5 Å². The number of aliphatic imine (C=N–C) groups is 1. The molecule has 5 nitrogen and oxygen atoms in total. The second-order valence-electron chi connectivity index (χ2n) is 4.85. The number of rotatable bonds is 3. The molecule has 5 heteroatoms. The molecule has 3 rings (SSSR count). The highest BCUT2D eigenvalue weighted by atomic mass is 16.5. The predicted octanol–water partition coefficient (Wildman–Crippen LogP) is 2.28. The van der Waals surface area contributed by atoms with E-state index in [2.05, 4.69) is 4.99 Å².